The van der Waals surface area contributed by atoms with Gasteiger partial charge in [-0.2, -0.15) is 0 Å². The Morgan fingerprint density at radius 1 is 1.42 bits per heavy atom. The number of nitrogens with one attached hydrogen (secondary N) is 1. The van der Waals surface area contributed by atoms with Crippen molar-refractivity contribution in [2.24, 2.45) is 5.92 Å². The molecule has 0 heterocycles. The van der Waals surface area contributed by atoms with E-state index in [1.807, 2.05) is 12.2 Å². The Balaban J connectivity index is 3.66. The van der Waals surface area contributed by atoms with Crippen LogP contribution in [0.3, 0.4) is 0 Å². The lowest BCUT2D eigenvalue weighted by atomic mass is 10.2. The van der Waals surface area contributed by atoms with E-state index in [0.29, 0.717) is 5.92 Å². The van der Waals surface area contributed by atoms with Gasteiger partial charge in [-0.05, 0) is 18.0 Å². The van der Waals surface area contributed by atoms with Crippen LogP contribution in [-0.2, 0) is 0 Å². The summed E-state index contributed by atoms with van der Waals surface area (Å²) in [5.41, 5.74) is 1.19. The summed E-state index contributed by atoms with van der Waals surface area (Å²) < 4.78 is 0. The van der Waals surface area contributed by atoms with E-state index in [9.17, 15) is 0 Å². The molecule has 0 bridgehead atoms. The quantitative estimate of drug-likeness (QED) is 0.596. The van der Waals surface area contributed by atoms with Crippen LogP contribution in [0.2, 0.25) is 0 Å². The van der Waals surface area contributed by atoms with E-state index in [1.54, 1.807) is 6.08 Å². The first-order valence-electron chi connectivity index (χ1n) is 4.35. The molecule has 0 aromatic carbocycles. The number of rotatable bonds is 6. The molecule has 68 valence electrons. The van der Waals surface area contributed by atoms with Crippen LogP contribution in [0.15, 0.2) is 37.0 Å². The monoisotopic (exact) mass is 165 g/mol. The van der Waals surface area contributed by atoms with Gasteiger partial charge in [-0.25, -0.2) is 0 Å². The zero-order valence-electron chi connectivity index (χ0n) is 8.14. The van der Waals surface area contributed by atoms with E-state index in [1.165, 1.54) is 5.57 Å². The second-order valence-corrected chi connectivity index (χ2v) is 3.21. The molecule has 0 radical (unpaired) electrons. The first kappa shape index (κ1) is 11.2. The third kappa shape index (κ3) is 5.93. The van der Waals surface area contributed by atoms with Crippen molar-refractivity contribution < 1.29 is 0 Å². The second kappa shape index (κ2) is 6.86. The lowest BCUT2D eigenvalue weighted by Gasteiger charge is -2.07. The summed E-state index contributed by atoms with van der Waals surface area (Å²) in [6.45, 7) is 13.7. The summed E-state index contributed by atoms with van der Waals surface area (Å²) in [6.07, 6.45) is 5.61. The van der Waals surface area contributed by atoms with Gasteiger partial charge in [-0.3, -0.25) is 0 Å². The Labute approximate surface area is 75.9 Å². The zero-order chi connectivity index (χ0) is 9.40. The van der Waals surface area contributed by atoms with Crippen LogP contribution in [0.5, 0.6) is 0 Å². The third-order valence-corrected chi connectivity index (χ3v) is 1.48. The predicted octanol–water partition coefficient (Wildman–Crippen LogP) is 2.53. The first-order valence-corrected chi connectivity index (χ1v) is 4.35. The molecule has 0 saturated heterocycles. The average Bonchev–Trinajstić information content (AvgIpc) is 2.02. The highest BCUT2D eigenvalue weighted by Crippen LogP contribution is 1.94. The number of allylic oxidation sites excluding steroid dienone is 2. The van der Waals surface area contributed by atoms with Gasteiger partial charge in [0.25, 0.3) is 0 Å². The summed E-state index contributed by atoms with van der Waals surface area (Å²) in [4.78, 5) is 0. The highest BCUT2D eigenvalue weighted by atomic mass is 14.8. The Bertz CT molecular complexity index is 166. The van der Waals surface area contributed by atoms with Gasteiger partial charge < -0.3 is 5.32 Å². The van der Waals surface area contributed by atoms with Gasteiger partial charge in [0.2, 0.25) is 0 Å². The van der Waals surface area contributed by atoms with Gasteiger partial charge in [0, 0.05) is 6.54 Å². The largest absolute Gasteiger partial charge is 0.312 e. The van der Waals surface area contributed by atoms with E-state index in [-0.39, 0.29) is 0 Å². The molecule has 0 aliphatic rings. The van der Waals surface area contributed by atoms with E-state index in [2.05, 4.69) is 32.3 Å². The van der Waals surface area contributed by atoms with Gasteiger partial charge in [0.15, 0.2) is 0 Å². The van der Waals surface area contributed by atoms with Crippen molar-refractivity contribution in [1.29, 1.82) is 0 Å². The lowest BCUT2D eigenvalue weighted by molar-refractivity contribution is 0.573. The van der Waals surface area contributed by atoms with Gasteiger partial charge in [0.05, 0.1) is 0 Å². The fourth-order valence-corrected chi connectivity index (χ4v) is 0.856. The fraction of sp³-hybridized carbons (Fsp3) is 0.455. The highest BCUT2D eigenvalue weighted by Gasteiger charge is 1.93. The Morgan fingerprint density at radius 2 is 2.08 bits per heavy atom. The molecule has 0 atom stereocenters. The SMILES string of the molecule is C=C/C=C(\C=C)CNCC(C)C. The van der Waals surface area contributed by atoms with Crippen LogP contribution in [0.4, 0.5) is 0 Å². The molecule has 0 rings (SSSR count). The van der Waals surface area contributed by atoms with Crippen LogP contribution in [0.25, 0.3) is 0 Å². The van der Waals surface area contributed by atoms with Crippen molar-refractivity contribution in [2.45, 2.75) is 13.8 Å². The minimum atomic E-state index is 0.694. The molecule has 1 nitrogen and oxygen atoms in total. The number of hydrogen-bond acceptors (Lipinski definition) is 1. The van der Waals surface area contributed by atoms with Gasteiger partial charge in [0.1, 0.15) is 0 Å². The van der Waals surface area contributed by atoms with Crippen LogP contribution >= 0.6 is 0 Å². The molecule has 0 amide bonds. The maximum atomic E-state index is 3.72. The molecule has 0 aliphatic heterocycles. The third-order valence-electron chi connectivity index (χ3n) is 1.48. The molecule has 0 aromatic heterocycles. The Kier molecular flexibility index (Phi) is 6.39. The Morgan fingerprint density at radius 3 is 2.50 bits per heavy atom. The van der Waals surface area contributed by atoms with Crippen LogP contribution in [-0.4, -0.2) is 13.1 Å². The van der Waals surface area contributed by atoms with Crippen LogP contribution in [0, 0.1) is 5.92 Å². The van der Waals surface area contributed by atoms with Crippen LogP contribution in [0.1, 0.15) is 13.8 Å². The summed E-state index contributed by atoms with van der Waals surface area (Å²) in [5.74, 6) is 0.694. The molecule has 0 aliphatic carbocycles. The molecule has 0 fully saturated rings. The number of hydrogen-bond donors (Lipinski definition) is 1. The van der Waals surface area contributed by atoms with Gasteiger partial charge in [-0.1, -0.05) is 45.2 Å². The van der Waals surface area contributed by atoms with Gasteiger partial charge in [-0.15, -0.1) is 0 Å². The van der Waals surface area contributed by atoms with E-state index >= 15 is 0 Å². The molecule has 0 spiro atoms. The summed E-state index contributed by atoms with van der Waals surface area (Å²) in [5, 5.41) is 3.33. The molecule has 12 heavy (non-hydrogen) atoms. The topological polar surface area (TPSA) is 12.0 Å². The second-order valence-electron chi connectivity index (χ2n) is 3.21. The van der Waals surface area contributed by atoms with E-state index < -0.39 is 0 Å². The predicted molar refractivity (Wildman–Crippen MR) is 56.2 cm³/mol. The molecule has 1 heteroatoms. The smallest absolute Gasteiger partial charge is 0.0205 e. The van der Waals surface area contributed by atoms with Gasteiger partial charge >= 0.3 is 0 Å². The van der Waals surface area contributed by atoms with E-state index in [4.69, 9.17) is 0 Å². The minimum absolute atomic E-state index is 0.694. The molecule has 0 saturated carbocycles. The van der Waals surface area contributed by atoms with Crippen molar-refractivity contribution in [3.63, 3.8) is 0 Å². The lowest BCUT2D eigenvalue weighted by Crippen LogP contribution is -2.21. The standard InChI is InChI=1S/C11H19N/c1-5-7-11(6-2)9-12-8-10(3)4/h5-7,10,12H,1-2,8-9H2,3-4H3/b11-7+. The van der Waals surface area contributed by atoms with Crippen molar-refractivity contribution in [2.75, 3.05) is 13.1 Å². The zero-order valence-corrected chi connectivity index (χ0v) is 8.14. The minimum Gasteiger partial charge on any atom is -0.312 e. The molecule has 1 N–H and O–H groups in total. The average molecular weight is 165 g/mol. The molecule has 0 unspecified atom stereocenters. The van der Waals surface area contributed by atoms with Crippen molar-refractivity contribution >= 4 is 0 Å². The fourth-order valence-electron chi connectivity index (χ4n) is 0.856. The normalized spacial score (nSPS) is 11.8. The van der Waals surface area contributed by atoms with Crippen molar-refractivity contribution in [3.05, 3.63) is 37.0 Å². The van der Waals surface area contributed by atoms with Crippen molar-refractivity contribution in [1.82, 2.24) is 5.32 Å². The molecular formula is C11H19N. The maximum Gasteiger partial charge on any atom is 0.0205 e. The van der Waals surface area contributed by atoms with E-state index in [0.717, 1.165) is 13.1 Å². The van der Waals surface area contributed by atoms with Crippen LogP contribution < -0.4 is 5.32 Å². The Hall–Kier alpha value is -0.820. The summed E-state index contributed by atoms with van der Waals surface area (Å²) >= 11 is 0. The maximum absolute atomic E-state index is 3.72. The summed E-state index contributed by atoms with van der Waals surface area (Å²) in [7, 11) is 0. The van der Waals surface area contributed by atoms with Crippen molar-refractivity contribution in [3.8, 4) is 0 Å². The molecule has 0 aromatic rings. The summed E-state index contributed by atoms with van der Waals surface area (Å²) in [6, 6.07) is 0. The first-order chi connectivity index (χ1) is 5.70. The molecular weight excluding hydrogens is 146 g/mol. The highest BCUT2D eigenvalue weighted by molar-refractivity contribution is 5.22.